The molecule has 1 aromatic heterocycles. The lowest BCUT2D eigenvalue weighted by molar-refractivity contribution is 0.415. The number of nitrogen functional groups attached to an aromatic ring is 1. The van der Waals surface area contributed by atoms with Crippen LogP contribution in [-0.2, 0) is 0 Å². The summed E-state index contributed by atoms with van der Waals surface area (Å²) in [5.41, 5.74) is 9.84. The van der Waals surface area contributed by atoms with Crippen molar-refractivity contribution in [2.24, 2.45) is 0 Å². The van der Waals surface area contributed by atoms with E-state index in [1.165, 1.54) is 0 Å². The highest BCUT2D eigenvalue weighted by molar-refractivity contribution is 5.87. The van der Waals surface area contributed by atoms with Gasteiger partial charge in [-0.2, -0.15) is 5.10 Å². The van der Waals surface area contributed by atoms with Crippen molar-refractivity contribution in [1.82, 2.24) is 10.2 Å². The van der Waals surface area contributed by atoms with E-state index >= 15 is 0 Å². The number of H-pyrrole nitrogens is 1. The number of aromatic nitrogens is 2. The molecule has 0 saturated carbocycles. The first-order chi connectivity index (χ1) is 9.79. The quantitative estimate of drug-likeness (QED) is 0.763. The highest BCUT2D eigenvalue weighted by atomic mass is 16.5. The van der Waals surface area contributed by atoms with Crippen LogP contribution in [0.15, 0.2) is 54.6 Å². The van der Waals surface area contributed by atoms with E-state index in [1.54, 1.807) is 7.11 Å². The zero-order valence-corrected chi connectivity index (χ0v) is 11.1. The van der Waals surface area contributed by atoms with Crippen LogP contribution in [0.3, 0.4) is 0 Å². The van der Waals surface area contributed by atoms with Crippen molar-refractivity contribution in [1.29, 1.82) is 0 Å². The van der Waals surface area contributed by atoms with Gasteiger partial charge >= 0.3 is 0 Å². The molecule has 0 unspecified atom stereocenters. The van der Waals surface area contributed by atoms with Crippen LogP contribution in [0.25, 0.3) is 22.4 Å². The standard InChI is InChI=1S/C16H15N3O/c1-20-13-9-7-12(8-10-13)15-14(16(17)19-18-15)11-5-3-2-4-6-11/h2-10H,1H3,(H3,17,18,19). The Morgan fingerprint density at radius 2 is 1.65 bits per heavy atom. The molecule has 0 amide bonds. The minimum absolute atomic E-state index is 0.571. The average Bonchev–Trinajstić information content (AvgIpc) is 2.90. The van der Waals surface area contributed by atoms with E-state index in [2.05, 4.69) is 10.2 Å². The topological polar surface area (TPSA) is 63.9 Å². The van der Waals surface area contributed by atoms with Crippen LogP contribution in [0.1, 0.15) is 0 Å². The van der Waals surface area contributed by atoms with Gasteiger partial charge in [-0.05, 0) is 29.8 Å². The third-order valence-electron chi connectivity index (χ3n) is 3.22. The van der Waals surface area contributed by atoms with Crippen LogP contribution in [0, 0.1) is 0 Å². The van der Waals surface area contributed by atoms with Gasteiger partial charge in [0, 0.05) is 5.56 Å². The molecule has 4 nitrogen and oxygen atoms in total. The first-order valence-electron chi connectivity index (χ1n) is 6.33. The molecule has 0 aliphatic rings. The van der Waals surface area contributed by atoms with Crippen molar-refractivity contribution < 1.29 is 4.74 Å². The monoisotopic (exact) mass is 265 g/mol. The minimum Gasteiger partial charge on any atom is -0.497 e. The van der Waals surface area contributed by atoms with Crippen LogP contribution in [0.4, 0.5) is 5.82 Å². The summed E-state index contributed by atoms with van der Waals surface area (Å²) in [6, 6.07) is 17.8. The van der Waals surface area contributed by atoms with E-state index in [0.717, 1.165) is 28.1 Å². The van der Waals surface area contributed by atoms with Gasteiger partial charge < -0.3 is 10.5 Å². The summed E-state index contributed by atoms with van der Waals surface area (Å²) in [4.78, 5) is 0. The van der Waals surface area contributed by atoms with Crippen LogP contribution in [0.5, 0.6) is 5.75 Å². The average molecular weight is 265 g/mol. The van der Waals surface area contributed by atoms with Crippen LogP contribution >= 0.6 is 0 Å². The number of nitrogens with one attached hydrogen (secondary N) is 1. The van der Waals surface area contributed by atoms with Gasteiger partial charge in [0.05, 0.1) is 12.7 Å². The molecule has 4 heteroatoms. The molecule has 20 heavy (non-hydrogen) atoms. The summed E-state index contributed by atoms with van der Waals surface area (Å²) in [6.07, 6.45) is 0. The van der Waals surface area contributed by atoms with Crippen molar-refractivity contribution >= 4 is 5.82 Å². The molecule has 0 atom stereocenters. The Labute approximate surface area is 117 Å². The van der Waals surface area contributed by atoms with Gasteiger partial charge in [0.1, 0.15) is 17.3 Å². The molecule has 0 spiro atoms. The third-order valence-corrected chi connectivity index (χ3v) is 3.22. The number of nitrogens with zero attached hydrogens (tertiary/aromatic N) is 1. The fraction of sp³-hybridized carbons (Fsp3) is 0.0625. The molecule has 0 fully saturated rings. The zero-order valence-electron chi connectivity index (χ0n) is 11.1. The maximum atomic E-state index is 6.02. The molecular formula is C16H15N3O. The highest BCUT2D eigenvalue weighted by Crippen LogP contribution is 2.34. The summed E-state index contributed by atoms with van der Waals surface area (Å²) in [7, 11) is 1.65. The Balaban J connectivity index is 2.11. The first kappa shape index (κ1) is 12.3. The Kier molecular flexibility index (Phi) is 3.13. The first-order valence-corrected chi connectivity index (χ1v) is 6.33. The third kappa shape index (κ3) is 2.12. The predicted molar refractivity (Wildman–Crippen MR) is 80.4 cm³/mol. The molecule has 0 radical (unpaired) electrons. The number of rotatable bonds is 3. The zero-order chi connectivity index (χ0) is 13.9. The van der Waals surface area contributed by atoms with Gasteiger partial charge in [-0.3, -0.25) is 5.10 Å². The number of aromatic amines is 1. The second-order valence-corrected chi connectivity index (χ2v) is 4.46. The van der Waals surface area contributed by atoms with Crippen molar-refractivity contribution in [2.45, 2.75) is 0 Å². The number of hydrogen-bond donors (Lipinski definition) is 2. The SMILES string of the molecule is COc1ccc(-c2n[nH]c(N)c2-c2ccccc2)cc1. The molecule has 1 heterocycles. The van der Waals surface area contributed by atoms with Gasteiger partial charge in [-0.15, -0.1) is 0 Å². The molecule has 0 aliphatic carbocycles. The van der Waals surface area contributed by atoms with Gasteiger partial charge in [0.2, 0.25) is 0 Å². The van der Waals surface area contributed by atoms with Crippen molar-refractivity contribution in [3.05, 3.63) is 54.6 Å². The Hall–Kier alpha value is -2.75. The fourth-order valence-electron chi connectivity index (χ4n) is 2.21. The van der Waals surface area contributed by atoms with Crippen LogP contribution in [0.2, 0.25) is 0 Å². The second-order valence-electron chi connectivity index (χ2n) is 4.46. The van der Waals surface area contributed by atoms with Crippen LogP contribution in [-0.4, -0.2) is 17.3 Å². The van der Waals surface area contributed by atoms with E-state index < -0.39 is 0 Å². The predicted octanol–water partition coefficient (Wildman–Crippen LogP) is 3.33. The summed E-state index contributed by atoms with van der Waals surface area (Å²) in [6.45, 7) is 0. The largest absolute Gasteiger partial charge is 0.497 e. The minimum atomic E-state index is 0.571. The molecule has 0 aliphatic heterocycles. The summed E-state index contributed by atoms with van der Waals surface area (Å²) in [5, 5.41) is 7.19. The number of anilines is 1. The smallest absolute Gasteiger partial charge is 0.127 e. The maximum Gasteiger partial charge on any atom is 0.127 e. The van der Waals surface area contributed by atoms with E-state index in [9.17, 15) is 0 Å². The molecule has 2 aromatic carbocycles. The number of hydrogen-bond acceptors (Lipinski definition) is 3. The van der Waals surface area contributed by atoms with Gasteiger partial charge in [0.15, 0.2) is 0 Å². The molecule has 3 aromatic rings. The number of ether oxygens (including phenoxy) is 1. The molecule has 100 valence electrons. The normalized spacial score (nSPS) is 10.4. The number of methoxy groups -OCH3 is 1. The van der Waals surface area contributed by atoms with Gasteiger partial charge in [-0.25, -0.2) is 0 Å². The summed E-state index contributed by atoms with van der Waals surface area (Å²) >= 11 is 0. The Bertz CT molecular complexity index is 702. The highest BCUT2D eigenvalue weighted by Gasteiger charge is 2.14. The molecule has 0 saturated heterocycles. The fourth-order valence-corrected chi connectivity index (χ4v) is 2.21. The molecule has 0 bridgehead atoms. The van der Waals surface area contributed by atoms with E-state index in [1.807, 2.05) is 54.6 Å². The molecule has 3 rings (SSSR count). The lowest BCUT2D eigenvalue weighted by Gasteiger charge is -2.05. The van der Waals surface area contributed by atoms with Gasteiger partial charge in [0.25, 0.3) is 0 Å². The van der Waals surface area contributed by atoms with Crippen molar-refractivity contribution in [3.8, 4) is 28.1 Å². The number of benzene rings is 2. The Morgan fingerprint density at radius 3 is 2.30 bits per heavy atom. The summed E-state index contributed by atoms with van der Waals surface area (Å²) < 4.78 is 5.17. The van der Waals surface area contributed by atoms with Crippen molar-refractivity contribution in [3.63, 3.8) is 0 Å². The Morgan fingerprint density at radius 1 is 0.950 bits per heavy atom. The van der Waals surface area contributed by atoms with Gasteiger partial charge in [-0.1, -0.05) is 30.3 Å². The van der Waals surface area contributed by atoms with Crippen molar-refractivity contribution in [2.75, 3.05) is 12.8 Å². The molecule has 3 N–H and O–H groups in total. The van der Waals surface area contributed by atoms with E-state index in [-0.39, 0.29) is 0 Å². The number of nitrogens with two attached hydrogens (primary N) is 1. The summed E-state index contributed by atoms with van der Waals surface area (Å²) in [5.74, 6) is 1.39. The van der Waals surface area contributed by atoms with Crippen LogP contribution < -0.4 is 10.5 Å². The second kappa shape index (κ2) is 5.09. The lowest BCUT2D eigenvalue weighted by atomic mass is 10.0. The van der Waals surface area contributed by atoms with E-state index in [4.69, 9.17) is 10.5 Å². The maximum absolute atomic E-state index is 6.02. The van der Waals surface area contributed by atoms with E-state index in [0.29, 0.717) is 5.82 Å². The lowest BCUT2D eigenvalue weighted by Crippen LogP contribution is -1.88. The molecular weight excluding hydrogens is 250 g/mol.